The van der Waals surface area contributed by atoms with Gasteiger partial charge in [0.05, 0.1) is 22.5 Å². The van der Waals surface area contributed by atoms with Gasteiger partial charge in [0.1, 0.15) is 12.4 Å². The number of benzene rings is 1. The summed E-state index contributed by atoms with van der Waals surface area (Å²) in [7, 11) is 0. The highest BCUT2D eigenvalue weighted by atomic mass is 16.6. The minimum absolute atomic E-state index is 0.245. The fourth-order valence-corrected chi connectivity index (χ4v) is 2.88. The third-order valence-corrected chi connectivity index (χ3v) is 4.48. The van der Waals surface area contributed by atoms with Gasteiger partial charge >= 0.3 is 0 Å². The van der Waals surface area contributed by atoms with Gasteiger partial charge in [0.2, 0.25) is 5.91 Å². The Morgan fingerprint density at radius 1 is 1.20 bits per heavy atom. The van der Waals surface area contributed by atoms with Gasteiger partial charge in [-0.3, -0.25) is 24.3 Å². The molecule has 0 fully saturated rings. The molecule has 2 heterocycles. The van der Waals surface area contributed by atoms with Crippen molar-refractivity contribution in [3.05, 3.63) is 80.4 Å². The van der Waals surface area contributed by atoms with E-state index in [1.165, 1.54) is 0 Å². The van der Waals surface area contributed by atoms with Crippen LogP contribution in [0.3, 0.4) is 0 Å². The van der Waals surface area contributed by atoms with Crippen molar-refractivity contribution in [1.29, 1.82) is 0 Å². The van der Waals surface area contributed by atoms with E-state index in [0.29, 0.717) is 5.82 Å². The summed E-state index contributed by atoms with van der Waals surface area (Å²) in [6.45, 7) is 7.66. The van der Waals surface area contributed by atoms with Crippen LogP contribution in [0.2, 0.25) is 0 Å². The first-order valence-electron chi connectivity index (χ1n) is 9.37. The molecule has 0 spiro atoms. The van der Waals surface area contributed by atoms with Crippen LogP contribution in [0.4, 0.5) is 11.5 Å². The molecule has 2 aromatic heterocycles. The quantitative estimate of drug-likeness (QED) is 0.514. The molecule has 3 rings (SSSR count). The number of amides is 1. The van der Waals surface area contributed by atoms with E-state index in [4.69, 9.17) is 0 Å². The third kappa shape index (κ3) is 4.62. The number of nitrogens with one attached hydrogen (secondary N) is 1. The van der Waals surface area contributed by atoms with E-state index < -0.39 is 16.4 Å². The average molecular weight is 409 g/mol. The maximum Gasteiger partial charge on any atom is 0.285 e. The molecule has 1 amide bonds. The summed E-state index contributed by atoms with van der Waals surface area (Å²) in [6.07, 6.45) is 1.06. The van der Waals surface area contributed by atoms with Crippen LogP contribution in [-0.4, -0.2) is 25.2 Å². The summed E-state index contributed by atoms with van der Waals surface area (Å²) >= 11 is 0. The van der Waals surface area contributed by atoms with Crippen LogP contribution >= 0.6 is 0 Å². The SMILES string of the molecule is Cc1cccc(-n2nc(C(C)(C)C)cc2NC(=O)Cn2cc([N+](=O)[O-])ccc2=O)c1. The molecule has 0 aliphatic carbocycles. The van der Waals surface area contributed by atoms with Crippen molar-refractivity contribution in [2.45, 2.75) is 39.7 Å². The molecule has 9 heteroatoms. The van der Waals surface area contributed by atoms with Crippen molar-refractivity contribution in [2.24, 2.45) is 0 Å². The molecule has 0 saturated heterocycles. The Hall–Kier alpha value is -3.75. The minimum atomic E-state index is -0.615. The Bertz CT molecular complexity index is 1170. The van der Waals surface area contributed by atoms with E-state index >= 15 is 0 Å². The number of nitro groups is 1. The van der Waals surface area contributed by atoms with Crippen molar-refractivity contribution >= 4 is 17.4 Å². The van der Waals surface area contributed by atoms with Crippen LogP contribution < -0.4 is 10.9 Å². The van der Waals surface area contributed by atoms with Gasteiger partial charge in [-0.1, -0.05) is 32.9 Å². The van der Waals surface area contributed by atoms with Crippen LogP contribution in [0.5, 0.6) is 0 Å². The molecule has 9 nitrogen and oxygen atoms in total. The predicted molar refractivity (Wildman–Crippen MR) is 113 cm³/mol. The van der Waals surface area contributed by atoms with Crippen molar-refractivity contribution in [3.63, 3.8) is 0 Å². The van der Waals surface area contributed by atoms with Crippen molar-refractivity contribution in [2.75, 3.05) is 5.32 Å². The summed E-state index contributed by atoms with van der Waals surface area (Å²) < 4.78 is 2.65. The molecule has 3 aromatic rings. The Morgan fingerprint density at radius 2 is 1.93 bits per heavy atom. The number of aromatic nitrogens is 3. The Kier molecular flexibility index (Phi) is 5.55. The zero-order valence-corrected chi connectivity index (χ0v) is 17.2. The highest BCUT2D eigenvalue weighted by Crippen LogP contribution is 2.26. The molecule has 1 N–H and O–H groups in total. The van der Waals surface area contributed by atoms with Crippen LogP contribution in [0.15, 0.2) is 53.5 Å². The summed E-state index contributed by atoms with van der Waals surface area (Å²) in [6, 6.07) is 11.7. The Labute approximate surface area is 173 Å². The topological polar surface area (TPSA) is 112 Å². The molecule has 0 radical (unpaired) electrons. The first-order valence-corrected chi connectivity index (χ1v) is 9.37. The first kappa shape index (κ1) is 21.0. The molecule has 30 heavy (non-hydrogen) atoms. The van der Waals surface area contributed by atoms with Crippen molar-refractivity contribution in [1.82, 2.24) is 14.3 Å². The highest BCUT2D eigenvalue weighted by Gasteiger charge is 2.22. The second kappa shape index (κ2) is 7.94. The van der Waals surface area contributed by atoms with E-state index in [-0.39, 0.29) is 17.6 Å². The number of aryl methyl sites for hydroxylation is 1. The lowest BCUT2D eigenvalue weighted by atomic mass is 9.92. The molecular formula is C21H23N5O4. The number of anilines is 1. The summed E-state index contributed by atoms with van der Waals surface area (Å²) in [5.41, 5.74) is 1.60. The van der Waals surface area contributed by atoms with Crippen LogP contribution in [-0.2, 0) is 16.8 Å². The average Bonchev–Trinajstić information content (AvgIpc) is 3.07. The minimum Gasteiger partial charge on any atom is -0.309 e. The van der Waals surface area contributed by atoms with Gasteiger partial charge in [0, 0.05) is 23.6 Å². The summed E-state index contributed by atoms with van der Waals surface area (Å²) in [5.74, 6) is -0.0409. The van der Waals surface area contributed by atoms with Crippen molar-refractivity contribution in [3.8, 4) is 5.69 Å². The monoisotopic (exact) mass is 409 g/mol. The molecule has 0 saturated carbocycles. The zero-order chi connectivity index (χ0) is 22.1. The van der Waals surface area contributed by atoms with E-state index in [0.717, 1.165) is 39.8 Å². The van der Waals surface area contributed by atoms with Crippen LogP contribution in [0.1, 0.15) is 32.0 Å². The van der Waals surface area contributed by atoms with E-state index in [2.05, 4.69) is 10.4 Å². The standard InChI is InChI=1S/C21H23N5O4/c1-14-6-5-7-15(10-14)25-18(11-17(23-25)21(2,3)4)22-19(27)13-24-12-16(26(29)30)8-9-20(24)28/h5-12H,13H2,1-4H3,(H,22,27). The molecule has 1 aromatic carbocycles. The molecular weight excluding hydrogens is 386 g/mol. The number of nitrogens with zero attached hydrogens (tertiary/aromatic N) is 4. The largest absolute Gasteiger partial charge is 0.309 e. The van der Waals surface area contributed by atoms with Gasteiger partial charge in [-0.25, -0.2) is 4.68 Å². The number of pyridine rings is 1. The van der Waals surface area contributed by atoms with E-state index in [9.17, 15) is 19.7 Å². The van der Waals surface area contributed by atoms with E-state index in [1.807, 2.05) is 52.0 Å². The second-order valence-electron chi connectivity index (χ2n) is 8.07. The Morgan fingerprint density at radius 3 is 2.57 bits per heavy atom. The van der Waals surface area contributed by atoms with Crippen LogP contribution in [0, 0.1) is 17.0 Å². The highest BCUT2D eigenvalue weighted by molar-refractivity contribution is 5.90. The first-order chi connectivity index (χ1) is 14.0. The third-order valence-electron chi connectivity index (χ3n) is 4.48. The van der Waals surface area contributed by atoms with Crippen molar-refractivity contribution < 1.29 is 9.72 Å². The lowest BCUT2D eigenvalue weighted by molar-refractivity contribution is -0.385. The Balaban J connectivity index is 1.93. The smallest absolute Gasteiger partial charge is 0.285 e. The van der Waals surface area contributed by atoms with Gasteiger partial charge in [0.15, 0.2) is 0 Å². The van der Waals surface area contributed by atoms with Gasteiger partial charge in [-0.05, 0) is 24.6 Å². The maximum atomic E-state index is 12.6. The van der Waals surface area contributed by atoms with Gasteiger partial charge in [-0.2, -0.15) is 5.10 Å². The zero-order valence-electron chi connectivity index (χ0n) is 17.2. The fraction of sp³-hybridized carbons (Fsp3) is 0.286. The fourth-order valence-electron chi connectivity index (χ4n) is 2.88. The lowest BCUT2D eigenvalue weighted by Gasteiger charge is -2.14. The normalized spacial score (nSPS) is 11.3. The second-order valence-corrected chi connectivity index (χ2v) is 8.07. The molecule has 0 bridgehead atoms. The molecule has 0 aliphatic heterocycles. The number of carbonyl (C=O) groups is 1. The van der Waals surface area contributed by atoms with Gasteiger partial charge < -0.3 is 5.32 Å². The number of carbonyl (C=O) groups excluding carboxylic acids is 1. The predicted octanol–water partition coefficient (Wildman–Crippen LogP) is 3.19. The number of rotatable bonds is 5. The summed E-state index contributed by atoms with van der Waals surface area (Å²) in [4.78, 5) is 35.0. The van der Waals surface area contributed by atoms with Crippen LogP contribution in [0.25, 0.3) is 5.69 Å². The number of hydrogen-bond donors (Lipinski definition) is 1. The molecule has 0 aliphatic rings. The van der Waals surface area contributed by atoms with E-state index in [1.54, 1.807) is 10.7 Å². The van der Waals surface area contributed by atoms with Gasteiger partial charge in [-0.15, -0.1) is 0 Å². The molecule has 0 unspecified atom stereocenters. The maximum absolute atomic E-state index is 12.6. The molecule has 0 atom stereocenters. The summed E-state index contributed by atoms with van der Waals surface area (Å²) in [5, 5.41) is 18.4. The van der Waals surface area contributed by atoms with Gasteiger partial charge in [0.25, 0.3) is 11.2 Å². The number of hydrogen-bond acceptors (Lipinski definition) is 5. The lowest BCUT2D eigenvalue weighted by Crippen LogP contribution is -2.27. The molecule has 156 valence electrons.